The first-order valence-corrected chi connectivity index (χ1v) is 28.5. The van der Waals surface area contributed by atoms with E-state index < -0.39 is 73.4 Å². The molecule has 0 unspecified atom stereocenters. The lowest BCUT2D eigenvalue weighted by Crippen LogP contribution is -2.52. The molecule has 3 aromatic rings. The minimum atomic E-state index is -0.752. The number of hydrogen-bond acceptors (Lipinski definition) is 14. The number of amides is 9. The number of hydrogen-bond donors (Lipinski definition) is 2. The van der Waals surface area contributed by atoms with E-state index in [1.807, 2.05) is 58.9 Å². The van der Waals surface area contributed by atoms with Crippen LogP contribution in [0.2, 0.25) is 0 Å². The molecule has 0 radical (unpaired) electrons. The quantitative estimate of drug-likeness (QED) is 0.0765. The van der Waals surface area contributed by atoms with Gasteiger partial charge in [-0.25, -0.2) is 0 Å². The van der Waals surface area contributed by atoms with Crippen molar-refractivity contribution < 1.29 is 43.2 Å². The van der Waals surface area contributed by atoms with Crippen LogP contribution < -0.4 is 16.0 Å². The molecule has 0 bridgehead atoms. The highest BCUT2D eigenvalue weighted by Crippen LogP contribution is 2.17. The Morgan fingerprint density at radius 1 is 0.500 bits per heavy atom. The fraction of sp³-hybridized carbons (Fsp3) is 0.642. The second-order valence-electron chi connectivity index (χ2n) is 19.5. The molecule has 3 rings (SSSR count). The van der Waals surface area contributed by atoms with Crippen molar-refractivity contribution in [2.45, 2.75) is 99.1 Å². The molecule has 2 heterocycles. The van der Waals surface area contributed by atoms with Gasteiger partial charge >= 0.3 is 0 Å². The lowest BCUT2D eigenvalue weighted by Gasteiger charge is -2.32. The van der Waals surface area contributed by atoms with Crippen molar-refractivity contribution in [1.29, 1.82) is 0 Å². The second kappa shape index (κ2) is 36.4. The number of aromatic nitrogens is 6. The molecule has 80 heavy (non-hydrogen) atoms. The molecule has 0 saturated heterocycles. The summed E-state index contributed by atoms with van der Waals surface area (Å²) in [6.45, 7) is 8.01. The van der Waals surface area contributed by atoms with Crippen LogP contribution >= 0.6 is 23.2 Å². The Morgan fingerprint density at radius 2 is 0.850 bits per heavy atom. The van der Waals surface area contributed by atoms with E-state index in [9.17, 15) is 43.2 Å². The Morgan fingerprint density at radius 3 is 1.18 bits per heavy atom. The first-order valence-electron chi connectivity index (χ1n) is 27.4. The first kappa shape index (κ1) is 67.4. The van der Waals surface area contributed by atoms with Gasteiger partial charge in [-0.05, 0) is 62.6 Å². The fourth-order valence-corrected chi connectivity index (χ4v) is 9.05. The van der Waals surface area contributed by atoms with Crippen LogP contribution in [0.15, 0.2) is 36.7 Å². The maximum atomic E-state index is 14.1. The summed E-state index contributed by atoms with van der Waals surface area (Å²) in [5.74, 6) is -3.84. The van der Waals surface area contributed by atoms with Crippen LogP contribution in [0.25, 0.3) is 0 Å². The number of aryl methyl sites for hydroxylation is 3. The van der Waals surface area contributed by atoms with Crippen LogP contribution in [0.4, 0.5) is 5.69 Å². The highest BCUT2D eigenvalue weighted by molar-refractivity contribution is 6.18. The standard InChI is InChI=1S/C53H84Cl2N16O9/c1-8-22-65(35-49(76)67(24-10-3)37-51(78)69(26-12-5)39-53(80)70(34-45(56)72)32-42-30-62(6)60-58-42)48(75)36-66(23-9-2)50(77)38-68(25-11-4)52(79)40-71(33-43-31-63(7)61-59-43)47(74)29-57-46(73)15-13-14-41-16-18-44(19-17-41)64(27-20-54)28-21-55/h16-19,30-31H,8-15,20-29,32-40H2,1-7H3,(H2,56,72)(H,57,73). The van der Waals surface area contributed by atoms with Gasteiger partial charge in [0, 0.05) is 96.2 Å². The maximum Gasteiger partial charge on any atom is 0.243 e. The monoisotopic (exact) mass is 1160 g/mol. The molecule has 0 aliphatic rings. The normalized spacial score (nSPS) is 10.9. The third-order valence-corrected chi connectivity index (χ3v) is 12.9. The molecule has 1 aromatic carbocycles. The van der Waals surface area contributed by atoms with Gasteiger partial charge in [0.1, 0.15) is 17.9 Å². The van der Waals surface area contributed by atoms with Crippen molar-refractivity contribution in [3.8, 4) is 0 Å². The summed E-state index contributed by atoms with van der Waals surface area (Å²) in [6, 6.07) is 8.00. The Balaban J connectivity index is 1.68. The van der Waals surface area contributed by atoms with Crippen molar-refractivity contribution in [3.05, 3.63) is 53.6 Å². The number of nitrogens with two attached hydrogens (primary N) is 1. The summed E-state index contributed by atoms with van der Waals surface area (Å²) in [5, 5.41) is 18.6. The van der Waals surface area contributed by atoms with Crippen LogP contribution in [0.1, 0.15) is 96.5 Å². The van der Waals surface area contributed by atoms with Crippen LogP contribution in [0, 0.1) is 0 Å². The van der Waals surface area contributed by atoms with E-state index >= 15 is 0 Å². The Hall–Kier alpha value is -6.89. The summed E-state index contributed by atoms with van der Waals surface area (Å²) >= 11 is 11.9. The highest BCUT2D eigenvalue weighted by atomic mass is 35.5. The zero-order chi connectivity index (χ0) is 59.1. The largest absolute Gasteiger partial charge is 0.369 e. The number of carbonyl (C=O) groups excluding carboxylic acids is 9. The minimum absolute atomic E-state index is 0.0657. The second-order valence-corrected chi connectivity index (χ2v) is 20.2. The Labute approximate surface area is 480 Å². The zero-order valence-electron chi connectivity index (χ0n) is 47.8. The molecular weight excluding hydrogens is 1080 g/mol. The average molecular weight is 1160 g/mol. The fourth-order valence-electron chi connectivity index (χ4n) is 8.64. The van der Waals surface area contributed by atoms with E-state index in [2.05, 4.69) is 30.8 Å². The summed E-state index contributed by atoms with van der Waals surface area (Å²) in [7, 11) is 3.32. The molecule has 9 amide bonds. The van der Waals surface area contributed by atoms with Gasteiger partial charge in [-0.2, -0.15) is 0 Å². The SMILES string of the molecule is CCCN(CC(=O)N(CCC)CC(=O)N(CCC)CC(=O)N(CC(N)=O)Cc1cn(C)nn1)C(=O)CN(CCC)C(=O)CN(CCC)C(=O)CN(Cc1cn(C)nn1)C(=O)CNC(=O)CCCc1ccc(N(CCCl)CCCl)cc1. The summed E-state index contributed by atoms with van der Waals surface area (Å²) in [5.41, 5.74) is 8.32. The van der Waals surface area contributed by atoms with Crippen molar-refractivity contribution in [2.75, 3.05) is 115 Å². The van der Waals surface area contributed by atoms with Gasteiger partial charge in [0.05, 0.1) is 58.9 Å². The predicted molar refractivity (Wildman–Crippen MR) is 302 cm³/mol. The van der Waals surface area contributed by atoms with Crippen LogP contribution in [-0.2, 0) is 76.8 Å². The third kappa shape index (κ3) is 23.8. The smallest absolute Gasteiger partial charge is 0.243 e. The number of rotatable bonds is 39. The molecule has 0 atom stereocenters. The van der Waals surface area contributed by atoms with Gasteiger partial charge < -0.3 is 50.2 Å². The van der Waals surface area contributed by atoms with Gasteiger partial charge in [0.15, 0.2) is 0 Å². The van der Waals surface area contributed by atoms with Crippen LogP contribution in [0.5, 0.6) is 0 Å². The number of nitrogens with zero attached hydrogens (tertiary/aromatic N) is 14. The Kier molecular flexibility index (Phi) is 30.6. The molecule has 444 valence electrons. The molecule has 0 fully saturated rings. The molecular formula is C53H84Cl2N16O9. The number of halogens is 2. The van der Waals surface area contributed by atoms with Crippen LogP contribution in [-0.4, -0.2) is 227 Å². The lowest BCUT2D eigenvalue weighted by atomic mass is 10.1. The molecule has 0 spiro atoms. The number of alkyl halides is 2. The lowest BCUT2D eigenvalue weighted by molar-refractivity contribution is -0.148. The summed E-state index contributed by atoms with van der Waals surface area (Å²) < 4.78 is 2.91. The topological polar surface area (TPSA) is 279 Å². The minimum Gasteiger partial charge on any atom is -0.369 e. The van der Waals surface area contributed by atoms with E-state index in [-0.39, 0.29) is 84.3 Å². The number of primary amides is 1. The number of benzene rings is 1. The van der Waals surface area contributed by atoms with Gasteiger partial charge in [-0.1, -0.05) is 57.2 Å². The van der Waals surface area contributed by atoms with Crippen LogP contribution in [0.3, 0.4) is 0 Å². The maximum absolute atomic E-state index is 14.1. The molecule has 0 aliphatic carbocycles. The van der Waals surface area contributed by atoms with E-state index in [0.717, 1.165) is 11.3 Å². The van der Waals surface area contributed by atoms with Gasteiger partial charge in [-0.15, -0.1) is 33.4 Å². The van der Waals surface area contributed by atoms with Crippen molar-refractivity contribution in [1.82, 2.24) is 69.6 Å². The van der Waals surface area contributed by atoms with Crippen molar-refractivity contribution in [3.63, 3.8) is 0 Å². The number of anilines is 1. The molecule has 25 nitrogen and oxygen atoms in total. The highest BCUT2D eigenvalue weighted by Gasteiger charge is 2.30. The van der Waals surface area contributed by atoms with E-state index in [0.29, 0.717) is 81.2 Å². The molecule has 0 aliphatic heterocycles. The van der Waals surface area contributed by atoms with E-state index in [1.54, 1.807) is 26.5 Å². The number of carbonyl (C=O) groups is 9. The van der Waals surface area contributed by atoms with Gasteiger partial charge in [-0.3, -0.25) is 52.5 Å². The van der Waals surface area contributed by atoms with Gasteiger partial charge in [0.2, 0.25) is 53.2 Å². The molecule has 27 heteroatoms. The summed E-state index contributed by atoms with van der Waals surface area (Å²) in [6.07, 6.45) is 6.91. The Bertz CT molecular complexity index is 2450. The number of nitrogens with one attached hydrogen (secondary N) is 1. The summed E-state index contributed by atoms with van der Waals surface area (Å²) in [4.78, 5) is 134. The van der Waals surface area contributed by atoms with Crippen molar-refractivity contribution >= 4 is 82.1 Å². The molecule has 3 N–H and O–H groups in total. The van der Waals surface area contributed by atoms with E-state index in [1.165, 1.54) is 43.7 Å². The zero-order valence-corrected chi connectivity index (χ0v) is 49.3. The average Bonchev–Trinajstić information content (AvgIpc) is 4.04. The first-order chi connectivity index (χ1) is 38.3. The predicted octanol–water partition coefficient (Wildman–Crippen LogP) is 1.40. The third-order valence-electron chi connectivity index (χ3n) is 12.6. The van der Waals surface area contributed by atoms with Gasteiger partial charge in [0.25, 0.3) is 0 Å². The molecule has 2 aromatic heterocycles. The molecule has 0 saturated carbocycles. The van der Waals surface area contributed by atoms with Crippen molar-refractivity contribution in [2.24, 2.45) is 19.8 Å². The van der Waals surface area contributed by atoms with E-state index in [4.69, 9.17) is 28.9 Å².